The maximum Gasteiger partial charge on any atom is 0.200 e. The van der Waals surface area contributed by atoms with E-state index in [-0.39, 0.29) is 6.23 Å². The number of aliphatic imine (C=N–C) groups is 1. The Balaban J connectivity index is 1.92. The van der Waals surface area contributed by atoms with Gasteiger partial charge < -0.3 is 5.11 Å². The van der Waals surface area contributed by atoms with Crippen LogP contribution in [0.1, 0.15) is 117 Å². The predicted octanol–water partition coefficient (Wildman–Crippen LogP) is 7.00. The molecule has 0 saturated carbocycles. The molecule has 0 aromatic carbocycles. The number of aliphatic hydroxyl groups excluding tert-OH is 1. The van der Waals surface area contributed by atoms with Gasteiger partial charge in [0.15, 0.2) is 6.23 Å². The van der Waals surface area contributed by atoms with Crippen LogP contribution < -0.4 is 0 Å². The molecule has 0 amide bonds. The lowest BCUT2D eigenvalue weighted by molar-refractivity contribution is -0.882. The molecular formula is C25H49N2O+. The topological polar surface area (TPSA) is 32.6 Å². The summed E-state index contributed by atoms with van der Waals surface area (Å²) >= 11 is 0. The van der Waals surface area contributed by atoms with Gasteiger partial charge in [0.05, 0.1) is 13.1 Å². The maximum absolute atomic E-state index is 10.2. The van der Waals surface area contributed by atoms with Crippen LogP contribution in [-0.4, -0.2) is 41.3 Å². The van der Waals surface area contributed by atoms with Gasteiger partial charge in [-0.05, 0) is 39.0 Å². The number of likely N-dealkylation sites (N-methyl/N-ethyl adjacent to an activating group) is 1. The largest absolute Gasteiger partial charge is 0.345 e. The molecular weight excluding hydrogens is 344 g/mol. The fourth-order valence-corrected chi connectivity index (χ4v) is 4.47. The minimum atomic E-state index is -0.319. The Morgan fingerprint density at radius 2 is 1.39 bits per heavy atom. The molecule has 164 valence electrons. The van der Waals surface area contributed by atoms with Crippen LogP contribution in [0, 0.1) is 0 Å². The molecule has 0 bridgehead atoms. The normalized spacial score (nSPS) is 20.8. The molecule has 0 fully saturated rings. The van der Waals surface area contributed by atoms with Crippen molar-refractivity contribution in [3.63, 3.8) is 0 Å². The zero-order valence-corrected chi connectivity index (χ0v) is 19.3. The molecule has 0 radical (unpaired) electrons. The highest BCUT2D eigenvalue weighted by atomic mass is 16.3. The maximum atomic E-state index is 10.2. The van der Waals surface area contributed by atoms with Gasteiger partial charge in [-0.1, -0.05) is 76.9 Å². The predicted molar refractivity (Wildman–Crippen MR) is 124 cm³/mol. The number of quaternary nitrogens is 1. The third-order valence-corrected chi connectivity index (χ3v) is 6.50. The Labute approximate surface area is 175 Å². The standard InChI is InChI=1S/C25H49N2O/c1-4-6-7-8-9-10-11-12-13-14-15-16-17-18-19-20-21-25-26-22-23-27(25,5-2)24(3)28/h12-13,24,28H,4-11,14-23H2,1-3H3/q+1. The van der Waals surface area contributed by atoms with Gasteiger partial charge in [-0.3, -0.25) is 4.48 Å². The smallest absolute Gasteiger partial charge is 0.200 e. The summed E-state index contributed by atoms with van der Waals surface area (Å²) in [6.07, 6.45) is 24.4. The summed E-state index contributed by atoms with van der Waals surface area (Å²) in [5.41, 5.74) is 0. The van der Waals surface area contributed by atoms with Gasteiger partial charge in [0, 0.05) is 13.3 Å². The highest BCUT2D eigenvalue weighted by Crippen LogP contribution is 2.23. The van der Waals surface area contributed by atoms with E-state index in [1.54, 1.807) is 0 Å². The van der Waals surface area contributed by atoms with E-state index in [1.807, 2.05) is 6.92 Å². The van der Waals surface area contributed by atoms with Gasteiger partial charge in [0.25, 0.3) is 0 Å². The number of unbranched alkanes of at least 4 members (excludes halogenated alkanes) is 12. The van der Waals surface area contributed by atoms with Crippen molar-refractivity contribution in [2.24, 2.45) is 4.99 Å². The minimum absolute atomic E-state index is 0.319. The van der Waals surface area contributed by atoms with Crippen molar-refractivity contribution in [1.29, 1.82) is 0 Å². The van der Waals surface area contributed by atoms with E-state index in [1.165, 1.54) is 95.7 Å². The van der Waals surface area contributed by atoms with Crippen molar-refractivity contribution < 1.29 is 9.59 Å². The van der Waals surface area contributed by atoms with Gasteiger partial charge in [-0.25, -0.2) is 4.99 Å². The molecule has 0 aliphatic carbocycles. The van der Waals surface area contributed by atoms with Crippen LogP contribution in [0.3, 0.4) is 0 Å². The summed E-state index contributed by atoms with van der Waals surface area (Å²) in [7, 11) is 0. The molecule has 2 unspecified atom stereocenters. The van der Waals surface area contributed by atoms with Gasteiger partial charge in [-0.2, -0.15) is 0 Å². The van der Waals surface area contributed by atoms with Crippen LogP contribution in [0.2, 0.25) is 0 Å². The van der Waals surface area contributed by atoms with Crippen molar-refractivity contribution in [1.82, 2.24) is 0 Å². The minimum Gasteiger partial charge on any atom is -0.345 e. The molecule has 3 heteroatoms. The zero-order valence-electron chi connectivity index (χ0n) is 19.3. The molecule has 0 aromatic heterocycles. The third-order valence-electron chi connectivity index (χ3n) is 6.50. The summed E-state index contributed by atoms with van der Waals surface area (Å²) in [4.78, 5) is 4.71. The van der Waals surface area contributed by atoms with Crippen LogP contribution in [0.4, 0.5) is 0 Å². The van der Waals surface area contributed by atoms with Crippen molar-refractivity contribution in [3.8, 4) is 0 Å². The monoisotopic (exact) mass is 393 g/mol. The van der Waals surface area contributed by atoms with Gasteiger partial charge in [0.2, 0.25) is 5.84 Å². The van der Waals surface area contributed by atoms with Crippen molar-refractivity contribution in [3.05, 3.63) is 12.2 Å². The number of nitrogens with zero attached hydrogens (tertiary/aromatic N) is 2. The Hall–Kier alpha value is -0.670. The second kappa shape index (κ2) is 16.2. The van der Waals surface area contributed by atoms with Crippen molar-refractivity contribution in [2.45, 2.75) is 123 Å². The van der Waals surface area contributed by atoms with E-state index >= 15 is 0 Å². The molecule has 1 rings (SSSR count). The van der Waals surface area contributed by atoms with Gasteiger partial charge in [0.1, 0.15) is 6.54 Å². The number of hydrogen-bond acceptors (Lipinski definition) is 2. The fourth-order valence-electron chi connectivity index (χ4n) is 4.47. The molecule has 0 aromatic rings. The van der Waals surface area contributed by atoms with Gasteiger partial charge >= 0.3 is 0 Å². The summed E-state index contributed by atoms with van der Waals surface area (Å²) < 4.78 is 0.713. The lowest BCUT2D eigenvalue weighted by Crippen LogP contribution is -2.56. The molecule has 3 nitrogen and oxygen atoms in total. The Morgan fingerprint density at radius 3 is 1.93 bits per heavy atom. The third kappa shape index (κ3) is 9.69. The highest BCUT2D eigenvalue weighted by Gasteiger charge is 2.40. The Morgan fingerprint density at radius 1 is 0.857 bits per heavy atom. The average Bonchev–Trinajstić information content (AvgIpc) is 3.12. The second-order valence-electron chi connectivity index (χ2n) is 8.69. The van der Waals surface area contributed by atoms with E-state index in [2.05, 4.69) is 26.0 Å². The SMILES string of the molecule is CCCCCCCCC=CCCCCCCCCC1=NCC[N+]1(CC)C(C)O. The van der Waals surface area contributed by atoms with Gasteiger partial charge in [-0.15, -0.1) is 0 Å². The summed E-state index contributed by atoms with van der Waals surface area (Å²) in [6.45, 7) is 9.21. The van der Waals surface area contributed by atoms with Crippen LogP contribution in [-0.2, 0) is 0 Å². The van der Waals surface area contributed by atoms with E-state index in [0.29, 0.717) is 4.48 Å². The summed E-state index contributed by atoms with van der Waals surface area (Å²) in [6, 6.07) is 0. The number of amidine groups is 1. The number of hydrogen-bond donors (Lipinski definition) is 1. The summed E-state index contributed by atoms with van der Waals surface area (Å²) in [5.74, 6) is 1.24. The van der Waals surface area contributed by atoms with Crippen LogP contribution >= 0.6 is 0 Å². The first-order valence-corrected chi connectivity index (χ1v) is 12.4. The number of allylic oxidation sites excluding steroid dienone is 2. The second-order valence-corrected chi connectivity index (χ2v) is 8.69. The van der Waals surface area contributed by atoms with Crippen molar-refractivity contribution >= 4 is 5.84 Å². The molecule has 1 N–H and O–H groups in total. The fraction of sp³-hybridized carbons (Fsp3) is 0.880. The molecule has 0 spiro atoms. The molecule has 2 atom stereocenters. The van der Waals surface area contributed by atoms with E-state index in [0.717, 1.165) is 26.1 Å². The molecule has 0 saturated heterocycles. The van der Waals surface area contributed by atoms with E-state index in [4.69, 9.17) is 4.99 Å². The first-order valence-electron chi connectivity index (χ1n) is 12.4. The van der Waals surface area contributed by atoms with Crippen LogP contribution in [0.25, 0.3) is 0 Å². The van der Waals surface area contributed by atoms with Crippen LogP contribution in [0.5, 0.6) is 0 Å². The molecule has 28 heavy (non-hydrogen) atoms. The first kappa shape index (κ1) is 25.4. The quantitative estimate of drug-likeness (QED) is 0.152. The number of rotatable bonds is 18. The lowest BCUT2D eigenvalue weighted by Gasteiger charge is -2.36. The van der Waals surface area contributed by atoms with E-state index in [9.17, 15) is 5.11 Å². The van der Waals surface area contributed by atoms with Crippen molar-refractivity contribution in [2.75, 3.05) is 19.6 Å². The molecule has 1 aliphatic heterocycles. The lowest BCUT2D eigenvalue weighted by atomic mass is 10.1. The Kier molecular flexibility index (Phi) is 14.6. The summed E-state index contributed by atoms with van der Waals surface area (Å²) in [5, 5.41) is 10.2. The first-order chi connectivity index (χ1) is 13.7. The average molecular weight is 394 g/mol. The molecule has 1 heterocycles. The van der Waals surface area contributed by atoms with Crippen LogP contribution in [0.15, 0.2) is 17.1 Å². The Bertz CT molecular complexity index is 430. The molecule has 1 aliphatic rings. The number of aliphatic hydroxyl groups is 1. The highest BCUT2D eigenvalue weighted by molar-refractivity contribution is 5.76. The van der Waals surface area contributed by atoms with E-state index < -0.39 is 0 Å². The zero-order chi connectivity index (χ0) is 20.5.